The highest BCUT2D eigenvalue weighted by Gasteiger charge is 2.29. The summed E-state index contributed by atoms with van der Waals surface area (Å²) >= 11 is 0. The number of alkyl halides is 6. The lowest BCUT2D eigenvalue weighted by molar-refractivity contribution is -0.154. The quantitative estimate of drug-likeness (QED) is 0.349. The van der Waals surface area contributed by atoms with Gasteiger partial charge in [0.15, 0.2) is 19.0 Å². The van der Waals surface area contributed by atoms with Crippen molar-refractivity contribution in [3.05, 3.63) is 65.7 Å². The molecule has 0 fully saturated rings. The summed E-state index contributed by atoms with van der Waals surface area (Å²) in [5.41, 5.74) is 0.300. The third kappa shape index (κ3) is 7.34. The first-order chi connectivity index (χ1) is 13.0. The molecule has 2 rings (SSSR count). The summed E-state index contributed by atoms with van der Waals surface area (Å²) in [6.45, 7) is -3.16. The predicted molar refractivity (Wildman–Crippen MR) is 89.3 cm³/mol. The Morgan fingerprint density at radius 1 is 0.857 bits per heavy atom. The second kappa shape index (κ2) is 8.81. The van der Waals surface area contributed by atoms with Gasteiger partial charge < -0.3 is 9.47 Å². The zero-order chi connectivity index (χ0) is 20.8. The molecule has 3 nitrogen and oxygen atoms in total. The van der Waals surface area contributed by atoms with Gasteiger partial charge in [0.2, 0.25) is 0 Å². The van der Waals surface area contributed by atoms with Crippen molar-refractivity contribution in [2.75, 3.05) is 13.2 Å². The molecule has 150 valence electrons. The van der Waals surface area contributed by atoms with Crippen LogP contribution >= 0.6 is 0 Å². The fourth-order valence-electron chi connectivity index (χ4n) is 2.07. The summed E-state index contributed by atoms with van der Waals surface area (Å²) in [7, 11) is 0. The first-order valence-corrected chi connectivity index (χ1v) is 7.84. The van der Waals surface area contributed by atoms with E-state index in [1.54, 1.807) is 18.2 Å². The lowest BCUT2D eigenvalue weighted by Gasteiger charge is -2.14. The number of carbonyl (C=O) groups is 1. The summed E-state index contributed by atoms with van der Waals surface area (Å²) in [5, 5.41) is 0. The van der Waals surface area contributed by atoms with Crippen molar-refractivity contribution in [1.29, 1.82) is 0 Å². The van der Waals surface area contributed by atoms with Crippen LogP contribution in [0.15, 0.2) is 54.6 Å². The molecule has 0 spiro atoms. The van der Waals surface area contributed by atoms with Gasteiger partial charge in [0.1, 0.15) is 11.5 Å². The molecule has 2 aromatic rings. The van der Waals surface area contributed by atoms with Crippen molar-refractivity contribution in [2.45, 2.75) is 12.4 Å². The Labute approximate surface area is 156 Å². The van der Waals surface area contributed by atoms with E-state index in [0.29, 0.717) is 5.56 Å². The highest BCUT2D eigenvalue weighted by molar-refractivity contribution is 6.06. The normalized spacial score (nSPS) is 12.2. The lowest BCUT2D eigenvalue weighted by atomic mass is 10.1. The maximum Gasteiger partial charge on any atom is 0.422 e. The van der Waals surface area contributed by atoms with Crippen molar-refractivity contribution >= 4 is 11.9 Å². The molecule has 0 saturated carbocycles. The topological polar surface area (TPSA) is 35.5 Å². The number of rotatable bonds is 7. The van der Waals surface area contributed by atoms with E-state index in [2.05, 4.69) is 9.47 Å². The predicted octanol–water partition coefficient (Wildman–Crippen LogP) is 5.46. The second-order valence-electron chi connectivity index (χ2n) is 5.57. The Hall–Kier alpha value is -2.97. The van der Waals surface area contributed by atoms with Crippen LogP contribution in [0.4, 0.5) is 26.3 Å². The van der Waals surface area contributed by atoms with Gasteiger partial charge in [-0.25, -0.2) is 0 Å². The average molecular weight is 404 g/mol. The molecule has 0 atom stereocenters. The molecule has 28 heavy (non-hydrogen) atoms. The summed E-state index contributed by atoms with van der Waals surface area (Å²) in [5.74, 6) is -0.929. The highest BCUT2D eigenvalue weighted by atomic mass is 19.4. The van der Waals surface area contributed by atoms with E-state index in [1.807, 2.05) is 0 Å². The molecule has 0 amide bonds. The Kier molecular flexibility index (Phi) is 6.71. The van der Waals surface area contributed by atoms with Gasteiger partial charge >= 0.3 is 12.4 Å². The first kappa shape index (κ1) is 21.3. The van der Waals surface area contributed by atoms with Crippen molar-refractivity contribution in [1.82, 2.24) is 0 Å². The molecule has 0 radical (unpaired) electrons. The van der Waals surface area contributed by atoms with Gasteiger partial charge in [0.25, 0.3) is 0 Å². The van der Waals surface area contributed by atoms with Crippen LogP contribution in [-0.2, 0) is 0 Å². The molecule has 9 heteroatoms. The summed E-state index contributed by atoms with van der Waals surface area (Å²) in [6, 6.07) is 11.2. The fourth-order valence-corrected chi connectivity index (χ4v) is 2.07. The van der Waals surface area contributed by atoms with Crippen LogP contribution in [0.5, 0.6) is 11.5 Å². The number of ether oxygens (including phenoxy) is 2. The third-order valence-electron chi connectivity index (χ3n) is 3.25. The van der Waals surface area contributed by atoms with Crippen molar-refractivity contribution in [2.24, 2.45) is 0 Å². The SMILES string of the molecule is O=C(/C=C/c1cc(OCC(F)(F)F)ccc1OCC(F)(F)F)c1ccccc1. The van der Waals surface area contributed by atoms with Crippen molar-refractivity contribution < 1.29 is 40.6 Å². The van der Waals surface area contributed by atoms with Crippen LogP contribution in [0.3, 0.4) is 0 Å². The van der Waals surface area contributed by atoms with Gasteiger partial charge in [0, 0.05) is 11.1 Å². The molecule has 0 heterocycles. The number of halogens is 6. The third-order valence-corrected chi connectivity index (χ3v) is 3.25. The molecular weight excluding hydrogens is 390 g/mol. The number of hydrogen-bond acceptors (Lipinski definition) is 3. The van der Waals surface area contributed by atoms with E-state index in [1.165, 1.54) is 12.1 Å². The molecule has 0 N–H and O–H groups in total. The fraction of sp³-hybridized carbons (Fsp3) is 0.211. The standard InChI is InChI=1S/C19H14F6O3/c20-18(21,22)11-27-15-7-9-17(28-12-19(23,24)25)14(10-15)6-8-16(26)13-4-2-1-3-5-13/h1-10H,11-12H2/b8-6+. The largest absolute Gasteiger partial charge is 0.484 e. The molecular formula is C19H14F6O3. The number of carbonyl (C=O) groups excluding carboxylic acids is 1. The first-order valence-electron chi connectivity index (χ1n) is 7.84. The Morgan fingerprint density at radius 3 is 2.07 bits per heavy atom. The summed E-state index contributed by atoms with van der Waals surface area (Å²) in [6.07, 6.45) is -6.95. The number of ketones is 1. The van der Waals surface area contributed by atoms with Gasteiger partial charge in [-0.3, -0.25) is 4.79 Å². The van der Waals surface area contributed by atoms with Gasteiger partial charge in [-0.15, -0.1) is 0 Å². The lowest BCUT2D eigenvalue weighted by Crippen LogP contribution is -2.20. The Balaban J connectivity index is 2.25. The van der Waals surface area contributed by atoms with E-state index < -0.39 is 31.3 Å². The summed E-state index contributed by atoms with van der Waals surface area (Å²) in [4.78, 5) is 12.1. The molecule has 2 aromatic carbocycles. The summed E-state index contributed by atoms with van der Waals surface area (Å²) < 4.78 is 83.3. The smallest absolute Gasteiger partial charge is 0.422 e. The Bertz CT molecular complexity index is 826. The van der Waals surface area contributed by atoms with Crippen LogP contribution < -0.4 is 9.47 Å². The molecule has 0 aromatic heterocycles. The zero-order valence-electron chi connectivity index (χ0n) is 14.2. The molecule has 0 unspecified atom stereocenters. The van der Waals surface area contributed by atoms with E-state index >= 15 is 0 Å². The van der Waals surface area contributed by atoms with Crippen LogP contribution in [0.25, 0.3) is 6.08 Å². The Morgan fingerprint density at radius 2 is 1.46 bits per heavy atom. The molecule has 0 aliphatic rings. The minimum Gasteiger partial charge on any atom is -0.484 e. The van der Waals surface area contributed by atoms with E-state index in [0.717, 1.165) is 30.4 Å². The van der Waals surface area contributed by atoms with Crippen LogP contribution in [0.1, 0.15) is 15.9 Å². The molecule has 0 aliphatic heterocycles. The minimum absolute atomic E-state index is 0.0341. The van der Waals surface area contributed by atoms with Gasteiger partial charge in [-0.05, 0) is 30.4 Å². The number of hydrogen-bond donors (Lipinski definition) is 0. The van der Waals surface area contributed by atoms with Gasteiger partial charge in [-0.2, -0.15) is 26.3 Å². The number of benzene rings is 2. The monoisotopic (exact) mass is 404 g/mol. The maximum atomic E-state index is 12.4. The van der Waals surface area contributed by atoms with Crippen molar-refractivity contribution in [3.8, 4) is 11.5 Å². The molecule has 0 saturated heterocycles. The van der Waals surface area contributed by atoms with E-state index in [9.17, 15) is 31.1 Å². The second-order valence-corrected chi connectivity index (χ2v) is 5.57. The van der Waals surface area contributed by atoms with Gasteiger partial charge in [-0.1, -0.05) is 30.3 Å². The maximum absolute atomic E-state index is 12.4. The van der Waals surface area contributed by atoms with Gasteiger partial charge in [0.05, 0.1) is 0 Å². The molecule has 0 bridgehead atoms. The van der Waals surface area contributed by atoms with E-state index in [4.69, 9.17) is 0 Å². The number of allylic oxidation sites excluding steroid dienone is 1. The molecule has 0 aliphatic carbocycles. The zero-order valence-corrected chi connectivity index (χ0v) is 14.2. The van der Waals surface area contributed by atoms with E-state index in [-0.39, 0.29) is 17.1 Å². The average Bonchev–Trinajstić information content (AvgIpc) is 2.62. The van der Waals surface area contributed by atoms with Crippen LogP contribution in [0.2, 0.25) is 0 Å². The van der Waals surface area contributed by atoms with Crippen molar-refractivity contribution in [3.63, 3.8) is 0 Å². The van der Waals surface area contributed by atoms with Crippen LogP contribution in [-0.4, -0.2) is 31.3 Å². The van der Waals surface area contributed by atoms with Crippen LogP contribution in [0, 0.1) is 0 Å². The minimum atomic E-state index is -4.60. The highest BCUT2D eigenvalue weighted by Crippen LogP contribution is 2.29.